The second-order valence-electron chi connectivity index (χ2n) is 6.39. The highest BCUT2D eigenvalue weighted by Gasteiger charge is 2.55. The zero-order chi connectivity index (χ0) is 14.0. The molecule has 3 nitrogen and oxygen atoms in total. The van der Waals surface area contributed by atoms with Crippen LogP contribution in [-0.2, 0) is 14.1 Å². The van der Waals surface area contributed by atoms with Gasteiger partial charge >= 0.3 is 5.69 Å². The SMILES string of the molecule is Cn1c(=O)n(C)c2cc(C(Br)C3C4CCCC43)ccc21. The van der Waals surface area contributed by atoms with Crippen molar-refractivity contribution in [2.75, 3.05) is 0 Å². The molecule has 2 fully saturated rings. The Balaban J connectivity index is 1.74. The smallest absolute Gasteiger partial charge is 0.295 e. The molecule has 2 aromatic rings. The van der Waals surface area contributed by atoms with Gasteiger partial charge in [-0.1, -0.05) is 28.4 Å². The number of alkyl halides is 1. The van der Waals surface area contributed by atoms with Crippen molar-refractivity contribution in [2.45, 2.75) is 24.1 Å². The van der Waals surface area contributed by atoms with Crippen molar-refractivity contribution in [3.63, 3.8) is 0 Å². The third-order valence-electron chi connectivity index (χ3n) is 5.43. The summed E-state index contributed by atoms with van der Waals surface area (Å²) in [5.74, 6) is 2.69. The number of rotatable bonds is 2. The lowest BCUT2D eigenvalue weighted by atomic mass is 10.0. The molecule has 0 aliphatic heterocycles. The zero-order valence-electron chi connectivity index (χ0n) is 11.8. The monoisotopic (exact) mass is 334 g/mol. The van der Waals surface area contributed by atoms with E-state index < -0.39 is 0 Å². The van der Waals surface area contributed by atoms with Gasteiger partial charge in [0.25, 0.3) is 0 Å². The summed E-state index contributed by atoms with van der Waals surface area (Å²) >= 11 is 3.91. The number of imidazole rings is 1. The molecule has 4 rings (SSSR count). The fourth-order valence-corrected chi connectivity index (χ4v) is 5.30. The Morgan fingerprint density at radius 1 is 1.15 bits per heavy atom. The van der Waals surface area contributed by atoms with Crippen LogP contribution in [0.3, 0.4) is 0 Å². The molecular formula is C16H19BrN2O. The van der Waals surface area contributed by atoms with Crippen molar-refractivity contribution in [2.24, 2.45) is 31.8 Å². The van der Waals surface area contributed by atoms with Crippen molar-refractivity contribution in [1.29, 1.82) is 0 Å². The Morgan fingerprint density at radius 3 is 2.50 bits per heavy atom. The number of benzene rings is 1. The first-order valence-corrected chi connectivity index (χ1v) is 8.30. The Bertz CT molecular complexity index is 735. The molecule has 1 aromatic carbocycles. The molecule has 4 heteroatoms. The third kappa shape index (κ3) is 1.60. The Labute approximate surface area is 126 Å². The molecule has 0 saturated heterocycles. The van der Waals surface area contributed by atoms with Crippen LogP contribution in [0.2, 0.25) is 0 Å². The van der Waals surface area contributed by atoms with Crippen LogP contribution in [0.25, 0.3) is 11.0 Å². The van der Waals surface area contributed by atoms with Gasteiger partial charge in [0.05, 0.1) is 11.0 Å². The maximum atomic E-state index is 12.0. The van der Waals surface area contributed by atoms with E-state index >= 15 is 0 Å². The van der Waals surface area contributed by atoms with Crippen LogP contribution in [0.5, 0.6) is 0 Å². The van der Waals surface area contributed by atoms with E-state index in [-0.39, 0.29) is 5.69 Å². The first-order chi connectivity index (χ1) is 9.59. The molecule has 3 atom stereocenters. The van der Waals surface area contributed by atoms with E-state index in [0.717, 1.165) is 28.8 Å². The summed E-state index contributed by atoms with van der Waals surface area (Å²) in [6, 6.07) is 6.44. The van der Waals surface area contributed by atoms with E-state index in [1.807, 2.05) is 14.1 Å². The van der Waals surface area contributed by atoms with Gasteiger partial charge in [0.2, 0.25) is 0 Å². The van der Waals surface area contributed by atoms with Gasteiger partial charge in [-0.2, -0.15) is 0 Å². The van der Waals surface area contributed by atoms with Gasteiger partial charge in [-0.25, -0.2) is 4.79 Å². The molecule has 2 aliphatic carbocycles. The molecule has 20 heavy (non-hydrogen) atoms. The van der Waals surface area contributed by atoms with Gasteiger partial charge in [-0.15, -0.1) is 0 Å². The molecule has 106 valence electrons. The molecule has 1 aromatic heterocycles. The van der Waals surface area contributed by atoms with E-state index in [1.54, 1.807) is 9.13 Å². The van der Waals surface area contributed by atoms with E-state index in [4.69, 9.17) is 0 Å². The van der Waals surface area contributed by atoms with Crippen molar-refractivity contribution >= 4 is 27.0 Å². The first kappa shape index (κ1) is 12.7. The Kier molecular flexibility index (Phi) is 2.69. The summed E-state index contributed by atoms with van der Waals surface area (Å²) in [5, 5.41) is 0. The Hall–Kier alpha value is -1.03. The van der Waals surface area contributed by atoms with Crippen molar-refractivity contribution < 1.29 is 0 Å². The highest BCUT2D eigenvalue weighted by atomic mass is 79.9. The maximum Gasteiger partial charge on any atom is 0.328 e. The maximum absolute atomic E-state index is 12.0. The molecule has 2 aliphatic rings. The second-order valence-corrected chi connectivity index (χ2v) is 7.37. The number of fused-ring (bicyclic) bond motifs is 2. The Morgan fingerprint density at radius 2 is 1.80 bits per heavy atom. The van der Waals surface area contributed by atoms with Crippen molar-refractivity contribution in [1.82, 2.24) is 9.13 Å². The van der Waals surface area contributed by atoms with Crippen LogP contribution in [0.1, 0.15) is 29.7 Å². The average molecular weight is 335 g/mol. The van der Waals surface area contributed by atoms with Crippen LogP contribution >= 0.6 is 15.9 Å². The highest BCUT2D eigenvalue weighted by molar-refractivity contribution is 9.09. The predicted octanol–water partition coefficient (Wildman–Crippen LogP) is 3.36. The van der Waals surface area contributed by atoms with E-state index in [9.17, 15) is 4.79 Å². The zero-order valence-corrected chi connectivity index (χ0v) is 13.4. The van der Waals surface area contributed by atoms with Gasteiger partial charge < -0.3 is 0 Å². The van der Waals surface area contributed by atoms with Crippen molar-refractivity contribution in [3.05, 3.63) is 34.2 Å². The molecule has 3 unspecified atom stereocenters. The largest absolute Gasteiger partial charge is 0.328 e. The molecule has 0 amide bonds. The average Bonchev–Trinajstić information content (AvgIpc) is 2.85. The van der Waals surface area contributed by atoms with E-state index in [2.05, 4.69) is 34.1 Å². The lowest BCUT2D eigenvalue weighted by Crippen LogP contribution is -2.19. The number of halogens is 1. The fraction of sp³-hybridized carbons (Fsp3) is 0.562. The van der Waals surface area contributed by atoms with Crippen LogP contribution in [0.15, 0.2) is 23.0 Å². The van der Waals surface area contributed by atoms with Gasteiger partial charge in [-0.05, 0) is 48.3 Å². The molecule has 0 bridgehead atoms. The van der Waals surface area contributed by atoms with Gasteiger partial charge in [0.1, 0.15) is 0 Å². The van der Waals surface area contributed by atoms with E-state index in [0.29, 0.717) is 4.83 Å². The fourth-order valence-electron chi connectivity index (χ4n) is 4.23. The minimum atomic E-state index is 0.0477. The summed E-state index contributed by atoms with van der Waals surface area (Å²) < 4.78 is 3.46. The second kappa shape index (κ2) is 4.23. The number of hydrogen-bond donors (Lipinski definition) is 0. The quantitative estimate of drug-likeness (QED) is 0.773. The number of hydrogen-bond acceptors (Lipinski definition) is 1. The summed E-state index contributed by atoms with van der Waals surface area (Å²) in [5.41, 5.74) is 3.41. The summed E-state index contributed by atoms with van der Waals surface area (Å²) in [6.45, 7) is 0. The number of nitrogens with zero attached hydrogens (tertiary/aromatic N) is 2. The minimum Gasteiger partial charge on any atom is -0.295 e. The third-order valence-corrected chi connectivity index (χ3v) is 6.56. The summed E-state index contributed by atoms with van der Waals surface area (Å²) in [6.07, 6.45) is 4.23. The molecule has 0 radical (unpaired) electrons. The molecule has 1 heterocycles. The normalized spacial score (nSPS) is 29.6. The van der Waals surface area contributed by atoms with Crippen LogP contribution in [-0.4, -0.2) is 9.13 Å². The minimum absolute atomic E-state index is 0.0477. The van der Waals surface area contributed by atoms with Crippen LogP contribution < -0.4 is 5.69 Å². The summed E-state index contributed by atoms with van der Waals surface area (Å²) in [7, 11) is 3.69. The van der Waals surface area contributed by atoms with Gasteiger partial charge in [-0.3, -0.25) is 9.13 Å². The van der Waals surface area contributed by atoms with E-state index in [1.165, 1.54) is 24.8 Å². The number of aryl methyl sites for hydroxylation is 2. The number of aromatic nitrogens is 2. The topological polar surface area (TPSA) is 26.9 Å². The van der Waals surface area contributed by atoms with Crippen LogP contribution in [0.4, 0.5) is 0 Å². The molecular weight excluding hydrogens is 316 g/mol. The first-order valence-electron chi connectivity index (χ1n) is 7.39. The summed E-state index contributed by atoms with van der Waals surface area (Å²) in [4.78, 5) is 12.4. The van der Waals surface area contributed by atoms with Gasteiger partial charge in [0, 0.05) is 18.9 Å². The predicted molar refractivity (Wildman–Crippen MR) is 84.1 cm³/mol. The lowest BCUT2D eigenvalue weighted by Gasteiger charge is -2.12. The molecule has 0 N–H and O–H groups in total. The van der Waals surface area contributed by atoms with Crippen LogP contribution in [0, 0.1) is 17.8 Å². The van der Waals surface area contributed by atoms with Gasteiger partial charge in [0.15, 0.2) is 0 Å². The molecule has 0 spiro atoms. The standard InChI is InChI=1S/C16H19BrN2O/c1-18-12-7-6-9(8-13(12)19(2)16(18)20)15(17)14-10-4-3-5-11(10)14/h6-8,10-11,14-15H,3-5H2,1-2H3. The highest BCUT2D eigenvalue weighted by Crippen LogP contribution is 2.64. The van der Waals surface area contributed by atoms with Crippen molar-refractivity contribution in [3.8, 4) is 0 Å². The molecule has 2 saturated carbocycles. The lowest BCUT2D eigenvalue weighted by molar-refractivity contribution is 0.583.